The summed E-state index contributed by atoms with van der Waals surface area (Å²) in [5.41, 5.74) is 0. The normalized spacial score (nSPS) is 18.7. The van der Waals surface area contributed by atoms with Gasteiger partial charge in [0.15, 0.2) is 0 Å². The van der Waals surface area contributed by atoms with Crippen molar-refractivity contribution < 1.29 is 14.3 Å². The Morgan fingerprint density at radius 2 is 1.93 bits per heavy atom. The second-order valence-corrected chi connectivity index (χ2v) is 4.04. The molecule has 1 fully saturated rings. The van der Waals surface area contributed by atoms with Crippen molar-refractivity contribution in [1.82, 2.24) is 4.90 Å². The Balaban J connectivity index is 2.25. The van der Waals surface area contributed by atoms with E-state index in [0.29, 0.717) is 39.1 Å². The largest absolute Gasteiger partial charge is 0.378 e. The van der Waals surface area contributed by atoms with E-state index in [1.165, 1.54) is 0 Å². The predicted molar refractivity (Wildman–Crippen MR) is 56.5 cm³/mol. The average molecular weight is 213 g/mol. The van der Waals surface area contributed by atoms with E-state index in [1.54, 1.807) is 6.92 Å². The summed E-state index contributed by atoms with van der Waals surface area (Å²) in [5, 5.41) is 0. The van der Waals surface area contributed by atoms with Crippen molar-refractivity contribution in [1.29, 1.82) is 0 Å². The number of amides is 1. The molecule has 1 rings (SSSR count). The average Bonchev–Trinajstić information content (AvgIpc) is 2.26. The van der Waals surface area contributed by atoms with Gasteiger partial charge in [-0.25, -0.2) is 0 Å². The van der Waals surface area contributed by atoms with E-state index in [-0.39, 0.29) is 17.6 Å². The van der Waals surface area contributed by atoms with Crippen LogP contribution in [0.4, 0.5) is 0 Å². The summed E-state index contributed by atoms with van der Waals surface area (Å²) >= 11 is 0. The van der Waals surface area contributed by atoms with Gasteiger partial charge in [0.25, 0.3) is 0 Å². The third-order valence-corrected chi connectivity index (χ3v) is 2.85. The van der Waals surface area contributed by atoms with E-state index in [1.807, 2.05) is 11.8 Å². The Morgan fingerprint density at radius 3 is 2.47 bits per heavy atom. The van der Waals surface area contributed by atoms with Gasteiger partial charge in [-0.3, -0.25) is 9.59 Å². The molecular weight excluding hydrogens is 194 g/mol. The lowest BCUT2D eigenvalue weighted by atomic mass is 10.0. The van der Waals surface area contributed by atoms with Crippen LogP contribution in [0.3, 0.4) is 0 Å². The lowest BCUT2D eigenvalue weighted by Gasteiger charge is -2.27. The molecule has 0 radical (unpaired) electrons. The Labute approximate surface area is 90.6 Å². The molecule has 0 unspecified atom stereocenters. The topological polar surface area (TPSA) is 46.6 Å². The molecule has 1 aliphatic heterocycles. The fraction of sp³-hybridized carbons (Fsp3) is 0.818. The third kappa shape index (κ3) is 4.00. The lowest BCUT2D eigenvalue weighted by molar-refractivity contribution is -0.135. The number of rotatable bonds is 4. The summed E-state index contributed by atoms with van der Waals surface area (Å²) in [6.07, 6.45) is 1.13. The van der Waals surface area contributed by atoms with E-state index in [9.17, 15) is 9.59 Å². The van der Waals surface area contributed by atoms with Crippen molar-refractivity contribution in [2.75, 3.05) is 26.3 Å². The van der Waals surface area contributed by atoms with Crippen LogP contribution >= 0.6 is 0 Å². The maximum Gasteiger partial charge on any atom is 0.222 e. The zero-order valence-electron chi connectivity index (χ0n) is 9.49. The van der Waals surface area contributed by atoms with E-state index in [0.717, 1.165) is 0 Å². The lowest BCUT2D eigenvalue weighted by Crippen LogP contribution is -2.40. The van der Waals surface area contributed by atoms with Crippen molar-refractivity contribution >= 4 is 11.7 Å². The second-order valence-electron chi connectivity index (χ2n) is 4.04. The minimum atomic E-state index is -0.00464. The van der Waals surface area contributed by atoms with Gasteiger partial charge in [0.05, 0.1) is 13.2 Å². The van der Waals surface area contributed by atoms with Crippen molar-refractivity contribution in [2.45, 2.75) is 26.7 Å². The zero-order valence-corrected chi connectivity index (χ0v) is 9.49. The molecule has 0 aromatic rings. The summed E-state index contributed by atoms with van der Waals surface area (Å²) in [5.74, 6) is 0.297. The summed E-state index contributed by atoms with van der Waals surface area (Å²) < 4.78 is 5.17. The number of ketones is 1. The van der Waals surface area contributed by atoms with Gasteiger partial charge in [0, 0.05) is 25.4 Å². The number of Topliss-reactive ketones (excluding diaryl/α,β-unsaturated/α-hetero) is 1. The highest BCUT2D eigenvalue weighted by Crippen LogP contribution is 2.09. The van der Waals surface area contributed by atoms with Gasteiger partial charge in [0.2, 0.25) is 5.91 Å². The minimum Gasteiger partial charge on any atom is -0.378 e. The molecule has 4 nitrogen and oxygen atoms in total. The number of hydrogen-bond donors (Lipinski definition) is 0. The molecule has 1 atom stereocenters. The monoisotopic (exact) mass is 213 g/mol. The van der Waals surface area contributed by atoms with Gasteiger partial charge in [-0.1, -0.05) is 6.92 Å². The molecule has 0 spiro atoms. The minimum absolute atomic E-state index is 0.00464. The molecule has 0 aliphatic carbocycles. The first-order valence-electron chi connectivity index (χ1n) is 5.47. The van der Waals surface area contributed by atoms with Gasteiger partial charge >= 0.3 is 0 Å². The van der Waals surface area contributed by atoms with Crippen LogP contribution < -0.4 is 0 Å². The molecule has 0 saturated carbocycles. The number of carbonyl (C=O) groups excluding carboxylic acids is 2. The Hall–Kier alpha value is -0.900. The third-order valence-electron chi connectivity index (χ3n) is 2.85. The van der Waals surface area contributed by atoms with E-state index >= 15 is 0 Å². The summed E-state index contributed by atoms with van der Waals surface area (Å²) in [6, 6.07) is 0. The first-order valence-corrected chi connectivity index (χ1v) is 5.47. The molecular formula is C11H19NO3. The van der Waals surface area contributed by atoms with Gasteiger partial charge in [-0.15, -0.1) is 0 Å². The van der Waals surface area contributed by atoms with Gasteiger partial charge < -0.3 is 9.64 Å². The molecule has 1 aliphatic rings. The van der Waals surface area contributed by atoms with Crippen LogP contribution in [0, 0.1) is 5.92 Å². The molecule has 1 heterocycles. The van der Waals surface area contributed by atoms with Crippen molar-refractivity contribution in [3.8, 4) is 0 Å². The van der Waals surface area contributed by atoms with E-state index < -0.39 is 0 Å². The maximum atomic E-state index is 11.7. The van der Waals surface area contributed by atoms with Gasteiger partial charge in [-0.05, 0) is 13.3 Å². The van der Waals surface area contributed by atoms with Crippen LogP contribution in [-0.4, -0.2) is 42.9 Å². The predicted octanol–water partition coefficient (Wildman–Crippen LogP) is 0.851. The smallest absolute Gasteiger partial charge is 0.222 e. The maximum absolute atomic E-state index is 11.7. The van der Waals surface area contributed by atoms with Crippen LogP contribution in [0.25, 0.3) is 0 Å². The fourth-order valence-electron chi connectivity index (χ4n) is 1.51. The zero-order chi connectivity index (χ0) is 11.3. The standard InChI is InChI=1S/C11H19NO3/c1-9(10(2)13)3-4-11(14)12-5-7-15-8-6-12/h9H,3-8H2,1-2H3/t9-/m0/s1. The van der Waals surface area contributed by atoms with Crippen LogP contribution in [0.5, 0.6) is 0 Å². The highest BCUT2D eigenvalue weighted by atomic mass is 16.5. The van der Waals surface area contributed by atoms with E-state index in [2.05, 4.69) is 0 Å². The molecule has 86 valence electrons. The van der Waals surface area contributed by atoms with E-state index in [4.69, 9.17) is 4.74 Å². The number of carbonyl (C=O) groups is 2. The molecule has 0 N–H and O–H groups in total. The molecule has 1 amide bonds. The SMILES string of the molecule is CC(=O)[C@@H](C)CCC(=O)N1CCOCC1. The van der Waals surface area contributed by atoms with Crippen LogP contribution in [0.15, 0.2) is 0 Å². The molecule has 0 aromatic heterocycles. The summed E-state index contributed by atoms with van der Waals surface area (Å²) in [6.45, 7) is 6.08. The Bertz CT molecular complexity index is 234. The summed E-state index contributed by atoms with van der Waals surface area (Å²) in [7, 11) is 0. The first-order chi connectivity index (χ1) is 7.11. The summed E-state index contributed by atoms with van der Waals surface area (Å²) in [4.78, 5) is 24.5. The first kappa shape index (κ1) is 12.2. The molecule has 1 saturated heterocycles. The second kappa shape index (κ2) is 5.85. The van der Waals surface area contributed by atoms with Crippen molar-refractivity contribution in [2.24, 2.45) is 5.92 Å². The van der Waals surface area contributed by atoms with Crippen LogP contribution in [-0.2, 0) is 14.3 Å². The Kier molecular flexibility index (Phi) is 4.75. The number of hydrogen-bond acceptors (Lipinski definition) is 3. The fourth-order valence-corrected chi connectivity index (χ4v) is 1.51. The van der Waals surface area contributed by atoms with Gasteiger partial charge in [-0.2, -0.15) is 0 Å². The molecule has 0 aromatic carbocycles. The number of ether oxygens (including phenoxy) is 1. The van der Waals surface area contributed by atoms with Crippen molar-refractivity contribution in [3.05, 3.63) is 0 Å². The molecule has 15 heavy (non-hydrogen) atoms. The van der Waals surface area contributed by atoms with Crippen molar-refractivity contribution in [3.63, 3.8) is 0 Å². The molecule has 4 heteroatoms. The van der Waals surface area contributed by atoms with Crippen LogP contribution in [0.1, 0.15) is 26.7 Å². The number of morpholine rings is 1. The highest BCUT2D eigenvalue weighted by molar-refractivity contribution is 5.80. The Morgan fingerprint density at radius 1 is 1.33 bits per heavy atom. The quantitative estimate of drug-likeness (QED) is 0.695. The van der Waals surface area contributed by atoms with Crippen LogP contribution in [0.2, 0.25) is 0 Å². The highest BCUT2D eigenvalue weighted by Gasteiger charge is 2.18. The number of nitrogens with zero attached hydrogens (tertiary/aromatic N) is 1. The van der Waals surface area contributed by atoms with Gasteiger partial charge in [0.1, 0.15) is 5.78 Å². The molecule has 0 bridgehead atoms.